The summed E-state index contributed by atoms with van der Waals surface area (Å²) in [5.41, 5.74) is 2.53. The lowest BCUT2D eigenvalue weighted by atomic mass is 10.0. The maximum Gasteiger partial charge on any atom is 0.285 e. The van der Waals surface area contributed by atoms with Crippen molar-refractivity contribution >= 4 is 48.2 Å². The highest BCUT2D eigenvalue weighted by Crippen LogP contribution is 2.34. The molecule has 0 saturated heterocycles. The fourth-order valence-corrected chi connectivity index (χ4v) is 5.13. The molecule has 0 spiro atoms. The smallest absolute Gasteiger partial charge is 0.285 e. The zero-order valence-corrected chi connectivity index (χ0v) is 18.4. The molecule has 0 bridgehead atoms. The van der Waals surface area contributed by atoms with Gasteiger partial charge in [0.15, 0.2) is 5.78 Å². The van der Waals surface area contributed by atoms with Crippen molar-refractivity contribution in [1.82, 2.24) is 0 Å². The Bertz CT molecular complexity index is 1310. The van der Waals surface area contributed by atoms with Gasteiger partial charge in [0.05, 0.1) is 5.69 Å². The van der Waals surface area contributed by atoms with Gasteiger partial charge in [0.2, 0.25) is 0 Å². The van der Waals surface area contributed by atoms with Crippen LogP contribution in [0.1, 0.15) is 28.4 Å². The van der Waals surface area contributed by atoms with Crippen molar-refractivity contribution in [3.63, 3.8) is 0 Å². The van der Waals surface area contributed by atoms with Crippen molar-refractivity contribution in [1.29, 1.82) is 0 Å². The molecule has 0 aromatic heterocycles. The number of ketones is 1. The lowest BCUT2D eigenvalue weighted by Gasteiger charge is -2.12. The van der Waals surface area contributed by atoms with Crippen LogP contribution in [-0.2, 0) is 10.0 Å². The fourth-order valence-electron chi connectivity index (χ4n) is 3.31. The Kier molecular flexibility index (Phi) is 5.40. The normalized spacial score (nSPS) is 15.1. The van der Waals surface area contributed by atoms with Gasteiger partial charge in [0, 0.05) is 21.2 Å². The van der Waals surface area contributed by atoms with Gasteiger partial charge in [-0.3, -0.25) is 4.79 Å². The Morgan fingerprint density at radius 2 is 1.63 bits per heavy atom. The summed E-state index contributed by atoms with van der Waals surface area (Å²) in [6.45, 7) is 1.70. The molecule has 0 atom stereocenters. The van der Waals surface area contributed by atoms with Gasteiger partial charge in [-0.1, -0.05) is 70.5 Å². The monoisotopic (exact) mass is 480 g/mol. The fraction of sp³-hybridized carbons (Fsp3) is 0.0435. The predicted molar refractivity (Wildman–Crippen MR) is 123 cm³/mol. The number of benzene rings is 3. The van der Waals surface area contributed by atoms with E-state index in [2.05, 4.69) is 25.6 Å². The van der Waals surface area contributed by atoms with Crippen LogP contribution in [0.2, 0.25) is 0 Å². The summed E-state index contributed by atoms with van der Waals surface area (Å²) in [6, 6.07) is 23.0. The minimum Gasteiger partial charge on any atom is -0.339 e. The summed E-state index contributed by atoms with van der Waals surface area (Å²) in [5.74, 6) is 0.0484. The topological polar surface area (TPSA) is 75.6 Å². The number of sulfonamides is 1. The minimum absolute atomic E-state index is 0.151. The molecule has 4 rings (SSSR count). The van der Waals surface area contributed by atoms with E-state index in [1.54, 1.807) is 73.7 Å². The minimum atomic E-state index is -3.86. The molecule has 0 amide bonds. The number of nitrogens with zero attached hydrogens (tertiary/aromatic N) is 1. The van der Waals surface area contributed by atoms with Crippen molar-refractivity contribution in [2.24, 2.45) is 4.40 Å². The molecule has 1 aliphatic rings. The van der Waals surface area contributed by atoms with E-state index in [1.165, 1.54) is 0 Å². The SMILES string of the molecule is CC1=C(c2cccc(Br)c2)S(=O)(=O)N=C1Nc1ccccc1C(=O)c1ccccc1. The number of anilines is 1. The number of amidine groups is 1. The van der Waals surface area contributed by atoms with Crippen molar-refractivity contribution in [2.45, 2.75) is 6.92 Å². The Morgan fingerprint density at radius 3 is 2.37 bits per heavy atom. The lowest BCUT2D eigenvalue weighted by Crippen LogP contribution is -2.15. The third kappa shape index (κ3) is 3.86. The Balaban J connectivity index is 1.73. The molecule has 0 fully saturated rings. The molecule has 3 aromatic rings. The highest BCUT2D eigenvalue weighted by atomic mass is 79.9. The summed E-state index contributed by atoms with van der Waals surface area (Å²) < 4.78 is 30.2. The van der Waals surface area contributed by atoms with E-state index in [0.29, 0.717) is 28.0 Å². The number of rotatable bonds is 4. The molecule has 150 valence electrons. The van der Waals surface area contributed by atoms with Crippen LogP contribution in [-0.4, -0.2) is 20.0 Å². The number of para-hydroxylation sites is 1. The molecule has 7 heteroatoms. The third-order valence-corrected chi connectivity index (χ3v) is 6.69. The van der Waals surface area contributed by atoms with Crippen LogP contribution in [0.5, 0.6) is 0 Å². The molecule has 3 aromatic carbocycles. The number of carbonyl (C=O) groups excluding carboxylic acids is 1. The number of carbonyl (C=O) groups is 1. The van der Waals surface area contributed by atoms with Gasteiger partial charge in [-0.25, -0.2) is 0 Å². The van der Waals surface area contributed by atoms with E-state index < -0.39 is 10.0 Å². The molecule has 1 heterocycles. The van der Waals surface area contributed by atoms with E-state index >= 15 is 0 Å². The number of hydrogen-bond donors (Lipinski definition) is 1. The van der Waals surface area contributed by atoms with Crippen LogP contribution in [0.25, 0.3) is 4.91 Å². The first-order valence-corrected chi connectivity index (χ1v) is 11.4. The second-order valence-electron chi connectivity index (χ2n) is 6.75. The Labute approximate surface area is 183 Å². The predicted octanol–water partition coefficient (Wildman–Crippen LogP) is 5.27. The highest BCUT2D eigenvalue weighted by molar-refractivity contribution is 9.10. The van der Waals surface area contributed by atoms with E-state index in [9.17, 15) is 13.2 Å². The summed E-state index contributed by atoms with van der Waals surface area (Å²) in [7, 11) is -3.86. The van der Waals surface area contributed by atoms with E-state index in [4.69, 9.17) is 0 Å². The first-order chi connectivity index (χ1) is 14.4. The largest absolute Gasteiger partial charge is 0.339 e. The second kappa shape index (κ2) is 8.01. The lowest BCUT2D eigenvalue weighted by molar-refractivity contribution is 0.103. The first-order valence-electron chi connectivity index (χ1n) is 9.15. The molecular formula is C23H17BrN2O3S. The molecule has 0 radical (unpaired) electrons. The van der Waals surface area contributed by atoms with Crippen LogP contribution < -0.4 is 5.32 Å². The van der Waals surface area contributed by atoms with E-state index in [0.717, 1.165) is 4.47 Å². The maximum atomic E-state index is 13.0. The molecule has 0 unspecified atom stereocenters. The summed E-state index contributed by atoms with van der Waals surface area (Å²) in [6.07, 6.45) is 0. The van der Waals surface area contributed by atoms with Crippen LogP contribution in [0, 0.1) is 0 Å². The van der Waals surface area contributed by atoms with Crippen LogP contribution in [0.15, 0.2) is 93.3 Å². The number of halogens is 1. The van der Waals surface area contributed by atoms with Crippen LogP contribution >= 0.6 is 15.9 Å². The van der Waals surface area contributed by atoms with Crippen LogP contribution in [0.4, 0.5) is 5.69 Å². The Morgan fingerprint density at radius 1 is 0.933 bits per heavy atom. The van der Waals surface area contributed by atoms with Gasteiger partial charge in [-0.05, 0) is 36.8 Å². The average Bonchev–Trinajstić information content (AvgIpc) is 2.96. The first kappa shape index (κ1) is 20.3. The van der Waals surface area contributed by atoms with Crippen LogP contribution in [0.3, 0.4) is 0 Å². The maximum absolute atomic E-state index is 13.0. The summed E-state index contributed by atoms with van der Waals surface area (Å²) >= 11 is 3.38. The van der Waals surface area contributed by atoms with Gasteiger partial charge >= 0.3 is 0 Å². The number of nitrogens with one attached hydrogen (secondary N) is 1. The quantitative estimate of drug-likeness (QED) is 0.516. The molecule has 30 heavy (non-hydrogen) atoms. The Hall–Kier alpha value is -3.03. The van der Waals surface area contributed by atoms with E-state index in [-0.39, 0.29) is 16.5 Å². The van der Waals surface area contributed by atoms with Gasteiger partial charge in [-0.15, -0.1) is 4.40 Å². The zero-order chi connectivity index (χ0) is 21.3. The van der Waals surface area contributed by atoms with Crippen molar-refractivity contribution in [2.75, 3.05) is 5.32 Å². The molecule has 1 aliphatic heterocycles. The highest BCUT2D eigenvalue weighted by Gasteiger charge is 2.31. The second-order valence-corrected chi connectivity index (χ2v) is 9.20. The molecule has 0 saturated carbocycles. The zero-order valence-electron chi connectivity index (χ0n) is 16.0. The summed E-state index contributed by atoms with van der Waals surface area (Å²) in [5, 5.41) is 3.06. The van der Waals surface area contributed by atoms with Crippen molar-refractivity contribution < 1.29 is 13.2 Å². The number of hydrogen-bond acceptors (Lipinski definition) is 4. The van der Waals surface area contributed by atoms with Gasteiger partial charge in [0.1, 0.15) is 10.7 Å². The molecule has 0 aliphatic carbocycles. The van der Waals surface area contributed by atoms with Crippen molar-refractivity contribution in [3.05, 3.63) is 106 Å². The van der Waals surface area contributed by atoms with Gasteiger partial charge in [0.25, 0.3) is 10.0 Å². The summed E-state index contributed by atoms with van der Waals surface area (Å²) in [4.78, 5) is 13.1. The standard InChI is InChI=1S/C23H17BrN2O3S/c1-15-22(17-10-7-11-18(24)14-17)30(28,29)26-23(15)25-20-13-6-5-12-19(20)21(27)16-8-3-2-4-9-16/h2-14H,1H3,(H,25,26). The third-order valence-electron chi connectivity index (χ3n) is 4.71. The average molecular weight is 481 g/mol. The molecule has 1 N–H and O–H groups in total. The van der Waals surface area contributed by atoms with Gasteiger partial charge < -0.3 is 5.32 Å². The molecular weight excluding hydrogens is 464 g/mol. The van der Waals surface area contributed by atoms with E-state index in [1.807, 2.05) is 12.1 Å². The van der Waals surface area contributed by atoms with Crippen molar-refractivity contribution in [3.8, 4) is 0 Å². The molecule has 5 nitrogen and oxygen atoms in total. The van der Waals surface area contributed by atoms with Gasteiger partial charge in [-0.2, -0.15) is 8.42 Å².